The summed E-state index contributed by atoms with van der Waals surface area (Å²) in [5.74, 6) is -1.03. The van der Waals surface area contributed by atoms with Gasteiger partial charge in [-0.3, -0.25) is 0 Å². The molecule has 1 aliphatic rings. The molecule has 0 saturated carbocycles. The second-order valence-corrected chi connectivity index (χ2v) is 6.86. The number of para-hydroxylation sites is 1. The Labute approximate surface area is 160 Å². The van der Waals surface area contributed by atoms with E-state index in [1.54, 1.807) is 16.7 Å². The van der Waals surface area contributed by atoms with E-state index in [1.807, 2.05) is 30.3 Å². The molecule has 4 rings (SSSR count). The van der Waals surface area contributed by atoms with Gasteiger partial charge in [0.25, 0.3) is 0 Å². The van der Waals surface area contributed by atoms with Gasteiger partial charge in [0.15, 0.2) is 0 Å². The Bertz CT molecular complexity index is 980. The summed E-state index contributed by atoms with van der Waals surface area (Å²) in [6.45, 7) is 1.60. The van der Waals surface area contributed by atoms with Gasteiger partial charge in [-0.2, -0.15) is 0 Å². The Morgan fingerprint density at radius 3 is 2.62 bits per heavy atom. The zero-order chi connectivity index (χ0) is 18.3. The van der Waals surface area contributed by atoms with E-state index < -0.39 is 5.97 Å². The summed E-state index contributed by atoms with van der Waals surface area (Å²) in [4.78, 5) is 12.3. The average molecular weight is 391 g/mol. The van der Waals surface area contributed by atoms with Crippen molar-refractivity contribution in [1.82, 2.24) is 9.88 Å². The first-order valence-electron chi connectivity index (χ1n) is 8.21. The zero-order valence-electron chi connectivity index (χ0n) is 13.7. The summed E-state index contributed by atoms with van der Waals surface area (Å²) in [6.07, 6.45) is 0. The zero-order valence-corrected chi connectivity index (χ0v) is 15.2. The van der Waals surface area contributed by atoms with Crippen LogP contribution >= 0.6 is 23.2 Å². The normalized spacial score (nSPS) is 17.5. The molecule has 1 unspecified atom stereocenters. The molecule has 2 N–H and O–H groups in total. The van der Waals surface area contributed by atoms with Gasteiger partial charge in [-0.1, -0.05) is 41.4 Å². The molecule has 7 heteroatoms. The number of halogens is 2. The van der Waals surface area contributed by atoms with Gasteiger partial charge >= 0.3 is 5.97 Å². The second-order valence-electron chi connectivity index (χ2n) is 6.08. The predicted molar refractivity (Wildman–Crippen MR) is 102 cm³/mol. The summed E-state index contributed by atoms with van der Waals surface area (Å²) in [7, 11) is 0. The molecule has 0 aliphatic carbocycles. The van der Waals surface area contributed by atoms with E-state index in [0.29, 0.717) is 46.3 Å². The summed E-state index contributed by atoms with van der Waals surface area (Å²) < 4.78 is 7.28. The number of carbonyl (C=O) groups is 1. The Kier molecular flexibility index (Phi) is 4.63. The number of benzene rings is 2. The lowest BCUT2D eigenvalue weighted by Crippen LogP contribution is -2.35. The molecule has 1 saturated heterocycles. The molecule has 2 aromatic carbocycles. The number of aromatic nitrogens is 1. The Morgan fingerprint density at radius 2 is 1.96 bits per heavy atom. The molecule has 1 aromatic heterocycles. The quantitative estimate of drug-likeness (QED) is 0.699. The maximum absolute atomic E-state index is 12.3. The van der Waals surface area contributed by atoms with Gasteiger partial charge in [0.05, 0.1) is 34.8 Å². The van der Waals surface area contributed by atoms with E-state index in [-0.39, 0.29) is 11.7 Å². The lowest BCUT2D eigenvalue weighted by Gasteiger charge is -2.24. The molecule has 1 aliphatic heterocycles. The topological polar surface area (TPSA) is 63.5 Å². The van der Waals surface area contributed by atoms with Crippen LogP contribution in [0.15, 0.2) is 42.5 Å². The number of carboxylic acids is 1. The Morgan fingerprint density at radius 1 is 1.19 bits per heavy atom. The van der Waals surface area contributed by atoms with Gasteiger partial charge in [-0.15, -0.1) is 0 Å². The smallest absolute Gasteiger partial charge is 0.353 e. The second kappa shape index (κ2) is 6.93. The molecule has 1 fully saturated rings. The SMILES string of the molecule is O=C(O)c1c(C2COCCN2)c2c(Cl)c(Cl)ccc2n1-c1ccccc1. The van der Waals surface area contributed by atoms with Crippen molar-refractivity contribution in [3.8, 4) is 5.69 Å². The first kappa shape index (κ1) is 17.4. The van der Waals surface area contributed by atoms with Crippen molar-refractivity contribution < 1.29 is 14.6 Å². The predicted octanol–water partition coefficient (Wildman–Crippen LogP) is 4.30. The molecule has 134 valence electrons. The third-order valence-electron chi connectivity index (χ3n) is 4.55. The van der Waals surface area contributed by atoms with E-state index in [4.69, 9.17) is 27.9 Å². The maximum Gasteiger partial charge on any atom is 0.353 e. The van der Waals surface area contributed by atoms with Crippen LogP contribution in [0.5, 0.6) is 0 Å². The fourth-order valence-electron chi connectivity index (χ4n) is 3.49. The highest BCUT2D eigenvalue weighted by molar-refractivity contribution is 6.45. The highest BCUT2D eigenvalue weighted by Gasteiger charge is 2.31. The number of carboxylic acid groups (broad SMARTS) is 1. The van der Waals surface area contributed by atoms with Crippen LogP contribution < -0.4 is 5.32 Å². The molecule has 0 bridgehead atoms. The number of nitrogens with zero attached hydrogens (tertiary/aromatic N) is 1. The van der Waals surface area contributed by atoms with Crippen LogP contribution in [0.1, 0.15) is 22.1 Å². The van der Waals surface area contributed by atoms with Gasteiger partial charge in [0.2, 0.25) is 0 Å². The standard InChI is InChI=1S/C19H16Cl2N2O3/c20-12-6-7-14-16(17(12)21)15(13-10-26-9-8-22-13)18(19(24)25)23(14)11-4-2-1-3-5-11/h1-7,13,22H,8-10H2,(H,24,25). The summed E-state index contributed by atoms with van der Waals surface area (Å²) in [6, 6.07) is 12.6. The van der Waals surface area contributed by atoms with Crippen molar-refractivity contribution in [1.29, 1.82) is 0 Å². The van der Waals surface area contributed by atoms with Crippen molar-refractivity contribution >= 4 is 40.1 Å². The molecule has 0 amide bonds. The Hall–Kier alpha value is -2.05. The van der Waals surface area contributed by atoms with Crippen LogP contribution in [0.2, 0.25) is 10.0 Å². The van der Waals surface area contributed by atoms with Gasteiger partial charge < -0.3 is 19.7 Å². The van der Waals surface area contributed by atoms with Crippen molar-refractivity contribution in [2.24, 2.45) is 0 Å². The number of ether oxygens (including phenoxy) is 1. The highest BCUT2D eigenvalue weighted by atomic mass is 35.5. The minimum Gasteiger partial charge on any atom is -0.477 e. The summed E-state index contributed by atoms with van der Waals surface area (Å²) >= 11 is 12.8. The first-order chi connectivity index (χ1) is 12.6. The molecule has 3 aromatic rings. The van der Waals surface area contributed by atoms with Crippen LogP contribution in [0, 0.1) is 0 Å². The monoisotopic (exact) mass is 390 g/mol. The van der Waals surface area contributed by atoms with Gasteiger partial charge in [-0.25, -0.2) is 4.79 Å². The lowest BCUT2D eigenvalue weighted by atomic mass is 10.0. The first-order valence-corrected chi connectivity index (χ1v) is 8.97. The third-order valence-corrected chi connectivity index (χ3v) is 5.35. The number of hydrogen-bond donors (Lipinski definition) is 2. The lowest BCUT2D eigenvalue weighted by molar-refractivity contribution is 0.0666. The number of aromatic carboxylic acids is 1. The fourth-order valence-corrected chi connectivity index (χ4v) is 3.91. The van der Waals surface area contributed by atoms with E-state index in [9.17, 15) is 9.90 Å². The number of fused-ring (bicyclic) bond motifs is 1. The van der Waals surface area contributed by atoms with Gasteiger partial charge in [0.1, 0.15) is 5.69 Å². The molecular weight excluding hydrogens is 375 g/mol. The number of rotatable bonds is 3. The molecule has 0 radical (unpaired) electrons. The third kappa shape index (κ3) is 2.77. The highest BCUT2D eigenvalue weighted by Crippen LogP contribution is 2.41. The fraction of sp³-hybridized carbons (Fsp3) is 0.211. The molecular formula is C19H16Cl2N2O3. The maximum atomic E-state index is 12.3. The average Bonchev–Trinajstić information content (AvgIpc) is 3.02. The molecule has 0 spiro atoms. The van der Waals surface area contributed by atoms with Gasteiger partial charge in [-0.05, 0) is 24.3 Å². The summed E-state index contributed by atoms with van der Waals surface area (Å²) in [5, 5.41) is 14.7. The van der Waals surface area contributed by atoms with E-state index in [1.165, 1.54) is 0 Å². The van der Waals surface area contributed by atoms with Crippen molar-refractivity contribution in [3.05, 3.63) is 63.8 Å². The minimum atomic E-state index is -1.03. The van der Waals surface area contributed by atoms with Crippen molar-refractivity contribution in [2.75, 3.05) is 19.8 Å². The van der Waals surface area contributed by atoms with E-state index >= 15 is 0 Å². The van der Waals surface area contributed by atoms with Crippen LogP contribution in [0.4, 0.5) is 0 Å². The van der Waals surface area contributed by atoms with Crippen LogP contribution in [-0.4, -0.2) is 35.4 Å². The number of hydrogen-bond acceptors (Lipinski definition) is 3. The molecule has 5 nitrogen and oxygen atoms in total. The molecule has 26 heavy (non-hydrogen) atoms. The minimum absolute atomic E-state index is 0.165. The van der Waals surface area contributed by atoms with Crippen LogP contribution in [0.3, 0.4) is 0 Å². The van der Waals surface area contributed by atoms with Crippen LogP contribution in [-0.2, 0) is 4.74 Å². The molecule has 1 atom stereocenters. The van der Waals surface area contributed by atoms with Crippen molar-refractivity contribution in [3.63, 3.8) is 0 Å². The molecule has 2 heterocycles. The van der Waals surface area contributed by atoms with E-state index in [2.05, 4.69) is 5.32 Å². The number of morpholine rings is 1. The Balaban J connectivity index is 2.12. The van der Waals surface area contributed by atoms with Crippen molar-refractivity contribution in [2.45, 2.75) is 6.04 Å². The van der Waals surface area contributed by atoms with Gasteiger partial charge in [0, 0.05) is 23.2 Å². The largest absolute Gasteiger partial charge is 0.477 e. The summed E-state index contributed by atoms with van der Waals surface area (Å²) in [5.41, 5.74) is 2.21. The van der Waals surface area contributed by atoms with E-state index in [0.717, 1.165) is 5.69 Å². The van der Waals surface area contributed by atoms with Crippen LogP contribution in [0.25, 0.3) is 16.6 Å². The number of nitrogens with one attached hydrogen (secondary N) is 1.